The van der Waals surface area contributed by atoms with E-state index in [0.717, 1.165) is 83.1 Å². The molecule has 1 heterocycles. The summed E-state index contributed by atoms with van der Waals surface area (Å²) in [5.41, 5.74) is 16.7. The molecule has 9 aromatic carbocycles. The molecule has 0 fully saturated rings. The zero-order valence-electron chi connectivity index (χ0n) is 35.3. The van der Waals surface area contributed by atoms with E-state index in [4.69, 9.17) is 12.8 Å². The summed E-state index contributed by atoms with van der Waals surface area (Å²) < 4.78 is 2.39. The van der Waals surface area contributed by atoms with E-state index in [1.54, 1.807) is 0 Å². The summed E-state index contributed by atoms with van der Waals surface area (Å²) >= 11 is 0. The summed E-state index contributed by atoms with van der Waals surface area (Å²) in [6, 6.07) is 75.4. The van der Waals surface area contributed by atoms with Crippen LogP contribution in [-0.4, -0.2) is 4.57 Å². The fourth-order valence-corrected chi connectivity index (χ4v) is 10.6. The number of nitrogens with zero attached hydrogens (tertiary/aromatic N) is 1. The highest BCUT2D eigenvalue weighted by Crippen LogP contribution is 2.55. The Balaban J connectivity index is 1.17. The standard InChI is InChI=1S/C64H37N/c1-3-44-18-16-20-46(40-44)36-38-63(57-28-12-8-24-51(57)52-25-9-13-29-58(52)63)48-32-34-61-55(42-48)56-43-49(33-35-62(56)65(61)50-22-6-5-7-23-50)64(39-37-47-21-17-19-45(4-2)41-47)59-30-14-10-26-53(59)54-27-11-15-31-60(54)64/h1-2,5-35,40-43H. The summed E-state index contributed by atoms with van der Waals surface area (Å²) in [6.07, 6.45) is 11.7. The van der Waals surface area contributed by atoms with Crippen LogP contribution in [0, 0.1) is 48.4 Å². The lowest BCUT2D eigenvalue weighted by Gasteiger charge is -2.28. The van der Waals surface area contributed by atoms with Crippen LogP contribution in [-0.2, 0) is 10.8 Å². The largest absolute Gasteiger partial charge is 0.309 e. The van der Waals surface area contributed by atoms with Crippen molar-refractivity contribution < 1.29 is 0 Å². The molecule has 1 heteroatoms. The monoisotopic (exact) mass is 819 g/mol. The molecule has 2 aliphatic rings. The van der Waals surface area contributed by atoms with Gasteiger partial charge in [0.05, 0.1) is 11.0 Å². The van der Waals surface area contributed by atoms with Gasteiger partial charge in [-0.1, -0.05) is 175 Å². The molecule has 10 aromatic rings. The lowest BCUT2D eigenvalue weighted by Crippen LogP contribution is -2.25. The Labute approximate surface area is 379 Å². The van der Waals surface area contributed by atoms with Crippen molar-refractivity contribution in [3.8, 4) is 76.3 Å². The van der Waals surface area contributed by atoms with Gasteiger partial charge in [0.15, 0.2) is 0 Å². The van der Waals surface area contributed by atoms with Gasteiger partial charge >= 0.3 is 0 Å². The molecule has 12 rings (SSSR count). The second kappa shape index (κ2) is 14.8. The molecule has 0 radical (unpaired) electrons. The molecule has 0 aliphatic heterocycles. The highest BCUT2D eigenvalue weighted by atomic mass is 15.0. The molecule has 0 spiro atoms. The van der Waals surface area contributed by atoms with Crippen LogP contribution in [0.1, 0.15) is 55.6 Å². The Morgan fingerprint density at radius 1 is 0.338 bits per heavy atom. The van der Waals surface area contributed by atoms with E-state index in [9.17, 15) is 0 Å². The van der Waals surface area contributed by atoms with E-state index in [0.29, 0.717) is 0 Å². The second-order valence-corrected chi connectivity index (χ2v) is 16.8. The third-order valence-corrected chi connectivity index (χ3v) is 13.4. The van der Waals surface area contributed by atoms with Gasteiger partial charge in [0, 0.05) is 38.7 Å². The van der Waals surface area contributed by atoms with Crippen molar-refractivity contribution in [2.75, 3.05) is 0 Å². The molecule has 0 unspecified atom stereocenters. The van der Waals surface area contributed by atoms with Crippen LogP contribution >= 0.6 is 0 Å². The smallest absolute Gasteiger partial charge is 0.108 e. The quantitative estimate of drug-likeness (QED) is 0.157. The number of rotatable bonds is 3. The molecule has 0 saturated carbocycles. The lowest BCUT2D eigenvalue weighted by molar-refractivity contribution is 0.838. The van der Waals surface area contributed by atoms with Crippen LogP contribution in [0.25, 0.3) is 49.7 Å². The van der Waals surface area contributed by atoms with Crippen molar-refractivity contribution in [3.05, 3.63) is 268 Å². The predicted molar refractivity (Wildman–Crippen MR) is 267 cm³/mol. The number of hydrogen-bond donors (Lipinski definition) is 0. The van der Waals surface area contributed by atoms with Gasteiger partial charge in [0.25, 0.3) is 0 Å². The first-order chi connectivity index (χ1) is 32.1. The second-order valence-electron chi connectivity index (χ2n) is 16.8. The van der Waals surface area contributed by atoms with Crippen LogP contribution in [0.4, 0.5) is 0 Å². The van der Waals surface area contributed by atoms with Gasteiger partial charge in [-0.25, -0.2) is 0 Å². The van der Waals surface area contributed by atoms with E-state index < -0.39 is 10.8 Å². The van der Waals surface area contributed by atoms with Crippen LogP contribution in [0.3, 0.4) is 0 Å². The zero-order chi connectivity index (χ0) is 43.5. The summed E-state index contributed by atoms with van der Waals surface area (Å²) in [5.74, 6) is 20.7. The molecule has 298 valence electrons. The van der Waals surface area contributed by atoms with Crippen molar-refractivity contribution in [1.82, 2.24) is 4.57 Å². The number of terminal acetylenes is 2. The SMILES string of the molecule is C#Cc1cccc(C#CC2(c3ccc4c(c3)c3cc(C5(C#Cc6cccc(C#C)c6)c6ccccc6-c6ccccc65)ccc3n4-c3ccccc3)c3ccccc3-c3ccccc32)c1. The van der Waals surface area contributed by atoms with Crippen LogP contribution in [0.2, 0.25) is 0 Å². The van der Waals surface area contributed by atoms with Crippen molar-refractivity contribution >= 4 is 21.8 Å². The van der Waals surface area contributed by atoms with Crippen LogP contribution < -0.4 is 0 Å². The average molecular weight is 820 g/mol. The molecule has 0 saturated heterocycles. The molecule has 65 heavy (non-hydrogen) atoms. The van der Waals surface area contributed by atoms with Gasteiger partial charge in [0.2, 0.25) is 0 Å². The first kappa shape index (κ1) is 37.8. The Kier molecular flexibility index (Phi) is 8.62. The van der Waals surface area contributed by atoms with Crippen LogP contribution in [0.5, 0.6) is 0 Å². The van der Waals surface area contributed by atoms with Crippen molar-refractivity contribution in [2.45, 2.75) is 10.8 Å². The third kappa shape index (κ3) is 5.68. The van der Waals surface area contributed by atoms with E-state index in [1.165, 1.54) is 22.3 Å². The molecule has 0 N–H and O–H groups in total. The Bertz CT molecular complexity index is 3500. The van der Waals surface area contributed by atoms with Gasteiger partial charge in [0.1, 0.15) is 10.8 Å². The molecular weight excluding hydrogens is 783 g/mol. The minimum absolute atomic E-state index is 0.782. The zero-order valence-corrected chi connectivity index (χ0v) is 35.3. The maximum absolute atomic E-state index is 5.87. The number of para-hydroxylation sites is 1. The first-order valence-electron chi connectivity index (χ1n) is 21.8. The van der Waals surface area contributed by atoms with Gasteiger partial charge in [-0.05, 0) is 128 Å². The summed E-state index contributed by atoms with van der Waals surface area (Å²) in [5, 5.41) is 2.26. The molecule has 0 bridgehead atoms. The summed E-state index contributed by atoms with van der Waals surface area (Å²) in [6.45, 7) is 0. The van der Waals surface area contributed by atoms with E-state index in [1.807, 2.05) is 48.5 Å². The normalized spacial score (nSPS) is 13.2. The molecule has 1 aromatic heterocycles. The number of benzene rings is 9. The topological polar surface area (TPSA) is 4.93 Å². The average Bonchev–Trinajstić information content (AvgIpc) is 3.97. The van der Waals surface area contributed by atoms with Crippen molar-refractivity contribution in [2.24, 2.45) is 0 Å². The van der Waals surface area contributed by atoms with Gasteiger partial charge < -0.3 is 4.57 Å². The maximum Gasteiger partial charge on any atom is 0.108 e. The van der Waals surface area contributed by atoms with Gasteiger partial charge in [-0.2, -0.15) is 0 Å². The highest BCUT2D eigenvalue weighted by molar-refractivity contribution is 6.10. The minimum atomic E-state index is -0.782. The molecule has 1 nitrogen and oxygen atoms in total. The molecular formula is C64H37N. The van der Waals surface area contributed by atoms with E-state index in [-0.39, 0.29) is 0 Å². The van der Waals surface area contributed by atoms with Crippen molar-refractivity contribution in [1.29, 1.82) is 0 Å². The van der Waals surface area contributed by atoms with Crippen molar-refractivity contribution in [3.63, 3.8) is 0 Å². The summed E-state index contributed by atoms with van der Waals surface area (Å²) in [7, 11) is 0. The fraction of sp³-hybridized carbons (Fsp3) is 0.0312. The van der Waals surface area contributed by atoms with E-state index in [2.05, 4.69) is 204 Å². The third-order valence-electron chi connectivity index (χ3n) is 13.4. The van der Waals surface area contributed by atoms with Crippen LogP contribution in [0.15, 0.2) is 212 Å². The Morgan fingerprint density at radius 3 is 1.11 bits per heavy atom. The first-order valence-corrected chi connectivity index (χ1v) is 21.8. The number of fused-ring (bicyclic) bond motifs is 9. The predicted octanol–water partition coefficient (Wildman–Crippen LogP) is 13.5. The molecule has 2 aliphatic carbocycles. The van der Waals surface area contributed by atoms with E-state index >= 15 is 0 Å². The maximum atomic E-state index is 5.87. The minimum Gasteiger partial charge on any atom is -0.309 e. The summed E-state index contributed by atoms with van der Waals surface area (Å²) in [4.78, 5) is 0. The molecule has 0 atom stereocenters. The Morgan fingerprint density at radius 2 is 0.708 bits per heavy atom. The number of aromatic nitrogens is 1. The highest BCUT2D eigenvalue weighted by Gasteiger charge is 2.45. The lowest BCUT2D eigenvalue weighted by atomic mass is 9.72. The Hall–Kier alpha value is -8.98. The van der Waals surface area contributed by atoms with Gasteiger partial charge in [-0.15, -0.1) is 12.8 Å². The fourth-order valence-electron chi connectivity index (χ4n) is 10.6. The molecule has 0 amide bonds. The van der Waals surface area contributed by atoms with Gasteiger partial charge in [-0.3, -0.25) is 0 Å². The number of hydrogen-bond acceptors (Lipinski definition) is 0.